The lowest BCUT2D eigenvalue weighted by atomic mass is 10.8. The molecule has 0 aliphatic carbocycles. The zero-order valence-corrected chi connectivity index (χ0v) is 1.97. The molecule has 4 heteroatoms. The van der Waals surface area contributed by atoms with Gasteiger partial charge in [0.2, 0.25) is 0 Å². The minimum atomic E-state index is 0. The van der Waals surface area contributed by atoms with Gasteiger partial charge in [-0.05, 0) is 0 Å². The van der Waals surface area contributed by atoms with E-state index in [2.05, 4.69) is 0 Å². The van der Waals surface area contributed by atoms with Gasteiger partial charge in [0.1, 0.15) is 0 Å². The third-order valence-corrected chi connectivity index (χ3v) is 0. The van der Waals surface area contributed by atoms with Crippen molar-refractivity contribution in [3.63, 3.8) is 0 Å². The maximum absolute atomic E-state index is 0. The minimum absolute atomic E-state index is 0. The Morgan fingerprint density at radius 3 is 0.625 bits per heavy atom. The Morgan fingerprint density at radius 2 is 0.625 bits per heavy atom. The highest BCUT2D eigenvalue weighted by molar-refractivity contribution is 5.76. The van der Waals surface area contributed by atoms with E-state index in [4.69, 9.17) is 0 Å². The van der Waals surface area contributed by atoms with Gasteiger partial charge < -0.3 is 0 Å². The summed E-state index contributed by atoms with van der Waals surface area (Å²) in [4.78, 5) is 0. The zero-order valence-electron chi connectivity index (χ0n) is 1.97. The molecule has 0 unspecified atom stereocenters. The lowest BCUT2D eigenvalue weighted by molar-refractivity contribution is 1.11. The van der Waals surface area contributed by atoms with Gasteiger partial charge in [0, 0.05) is 22.5 Å². The smallest absolute Gasteiger partial charge is 0 e. The van der Waals surface area contributed by atoms with Crippen molar-refractivity contribution in [2.45, 2.75) is 29.7 Å². The largest absolute Gasteiger partial charge is 0.269 e. The highest BCUT2D eigenvalue weighted by atomic mass is 19.0. The van der Waals surface area contributed by atoms with Crippen LogP contribution in [-0.4, -0.2) is 16.8 Å². The second-order valence-electron chi connectivity index (χ2n) is 0. The third-order valence-electron chi connectivity index (χ3n) is 0. The van der Waals surface area contributed by atoms with Gasteiger partial charge in [-0.2, -0.15) is 0 Å². The van der Waals surface area contributed by atoms with Crippen molar-refractivity contribution in [1.82, 2.24) is 0 Å². The van der Waals surface area contributed by atoms with E-state index in [1.807, 2.05) is 0 Å². The summed E-state index contributed by atoms with van der Waals surface area (Å²) in [5, 5.41) is 0. The second kappa shape index (κ2) is 2440000. The van der Waals surface area contributed by atoms with Crippen molar-refractivity contribution >= 4 is 16.8 Å². The summed E-state index contributed by atoms with van der Waals surface area (Å²) < 4.78 is 0. The van der Waals surface area contributed by atoms with Crippen molar-refractivity contribution in [2.75, 3.05) is 0 Å². The van der Waals surface area contributed by atoms with E-state index in [1.165, 1.54) is 0 Å². The average Bonchev–Trinajstić information content (AvgIpc) is 0. The number of rotatable bonds is 0. The van der Waals surface area contributed by atoms with Crippen molar-refractivity contribution in [3.05, 3.63) is 0 Å². The molecule has 0 aromatic rings. The van der Waals surface area contributed by atoms with E-state index < -0.39 is 0 Å². The molecule has 0 aromatic carbocycles. The molecule has 0 amide bonds. The predicted octanol–water partition coefficient (Wildman–Crippen LogP) is 3.07. The summed E-state index contributed by atoms with van der Waals surface area (Å²) in [6.07, 6.45) is 0. The SMILES string of the molecule is C.C.C.C.F.F.[2HH].[2HH].[B].[B].[HH].[HH]. The fourth-order valence-electron chi connectivity index (χ4n) is 0. The molecule has 0 N–H and O–H groups in total. The van der Waals surface area contributed by atoms with Crippen molar-refractivity contribution < 1.29 is 15.1 Å². The molecular formula is C4H26B2F2. The Bertz CT molecular complexity index is 23.0. The van der Waals surface area contributed by atoms with Crippen LogP contribution in [0.3, 0.4) is 0 Å². The molecular weight excluding hydrogens is 108 g/mol. The fourth-order valence-corrected chi connectivity index (χ4v) is 0. The molecule has 0 aliphatic heterocycles. The maximum Gasteiger partial charge on any atom is 0 e. The molecule has 0 heterocycles. The first-order chi connectivity index (χ1) is 0. The molecule has 0 rings (SSSR count). The molecule has 0 saturated heterocycles. The monoisotopic (exact) mass is 136 g/mol. The van der Waals surface area contributed by atoms with Crippen LogP contribution < -0.4 is 0 Å². The number of hydrogen-bond donors (Lipinski definition) is 0. The fraction of sp³-hybridized carbons (Fsp3) is 1.00. The molecule has 0 saturated carbocycles. The Balaban J connectivity index is 0. The van der Waals surface area contributed by atoms with E-state index in [9.17, 15) is 0 Å². The van der Waals surface area contributed by atoms with Gasteiger partial charge in [-0.15, -0.1) is 0 Å². The predicted molar refractivity (Wildman–Crippen MR) is 51.9 cm³/mol. The molecule has 0 fully saturated rings. The van der Waals surface area contributed by atoms with Gasteiger partial charge in [-0.1, -0.05) is 29.7 Å². The van der Waals surface area contributed by atoms with E-state index in [0.29, 0.717) is 0 Å². The van der Waals surface area contributed by atoms with Crippen LogP contribution in [0, 0.1) is 0 Å². The molecule has 0 aliphatic rings. The molecule has 62 valence electrons. The number of halogens is 2. The Kier molecular flexibility index (Phi) is 1160000000000. The topological polar surface area (TPSA) is 0 Å². The van der Waals surface area contributed by atoms with Crippen LogP contribution >= 0.6 is 0 Å². The summed E-state index contributed by atoms with van der Waals surface area (Å²) in [6, 6.07) is 0. The highest BCUT2D eigenvalue weighted by Gasteiger charge is 0.00112. The first-order valence-corrected chi connectivity index (χ1v) is 0. The zero-order chi connectivity index (χ0) is 0. The van der Waals surface area contributed by atoms with Crippen LogP contribution in [0.5, 0.6) is 0 Å². The molecule has 0 aromatic heterocycles. The van der Waals surface area contributed by atoms with Crippen LogP contribution in [0.15, 0.2) is 0 Å². The Labute approximate surface area is 62.9 Å². The molecule has 8 heavy (non-hydrogen) atoms. The van der Waals surface area contributed by atoms with E-state index in [-0.39, 0.29) is 61.6 Å². The Morgan fingerprint density at radius 1 is 0.625 bits per heavy atom. The van der Waals surface area contributed by atoms with Crippen LogP contribution in [0.1, 0.15) is 35.4 Å². The van der Waals surface area contributed by atoms with Gasteiger partial charge >= 0.3 is 0 Å². The normalized spacial score (nSPS) is 0. The maximum atomic E-state index is 0. The van der Waals surface area contributed by atoms with Gasteiger partial charge in [0.15, 0.2) is 0 Å². The number of hydrogen-bond acceptors (Lipinski definition) is 0. The molecule has 0 bridgehead atoms. The quantitative estimate of drug-likeness (QED) is 0.448. The Hall–Kier alpha value is -0.0101. The van der Waals surface area contributed by atoms with Gasteiger partial charge in [0.05, 0.1) is 0 Å². The molecule has 0 spiro atoms. The first-order valence-electron chi connectivity index (χ1n) is 0. The minimum Gasteiger partial charge on any atom is -0.269 e. The van der Waals surface area contributed by atoms with Crippen molar-refractivity contribution in [1.29, 1.82) is 0 Å². The van der Waals surface area contributed by atoms with Gasteiger partial charge in [0.25, 0.3) is 0 Å². The van der Waals surface area contributed by atoms with E-state index in [1.54, 1.807) is 0 Å². The lowest BCUT2D eigenvalue weighted by Gasteiger charge is -0.270. The van der Waals surface area contributed by atoms with E-state index >= 15 is 0 Å². The summed E-state index contributed by atoms with van der Waals surface area (Å²) in [7, 11) is 0. The second-order valence-corrected chi connectivity index (χ2v) is 0. The van der Waals surface area contributed by atoms with Gasteiger partial charge in [-0.25, -0.2) is 0 Å². The van der Waals surface area contributed by atoms with Crippen LogP contribution in [-0.2, 0) is 0 Å². The average molecular weight is 136 g/mol. The van der Waals surface area contributed by atoms with Crippen LogP contribution in [0.2, 0.25) is 0 Å². The first kappa shape index (κ1) is 3800000. The third kappa shape index (κ3) is 1450000. The summed E-state index contributed by atoms with van der Waals surface area (Å²) in [6.45, 7) is 0. The lowest BCUT2D eigenvalue weighted by Crippen LogP contribution is -0.382. The molecule has 6 radical (unpaired) electrons. The highest BCUT2D eigenvalue weighted by Crippen LogP contribution is 0.421. The van der Waals surface area contributed by atoms with Crippen molar-refractivity contribution in [3.8, 4) is 0 Å². The summed E-state index contributed by atoms with van der Waals surface area (Å²) in [5.41, 5.74) is 0. The molecule has 0 atom stereocenters. The standard InChI is InChI=1S/4CH4.2B.2FH.4H2/h4*1H4;;;6*1H/i;;;;;;;;2*1+1;;. The molecule has 0 nitrogen and oxygen atoms in total. The van der Waals surface area contributed by atoms with Gasteiger partial charge in [-0.3, -0.25) is 9.41 Å². The van der Waals surface area contributed by atoms with E-state index in [0.717, 1.165) is 0 Å². The van der Waals surface area contributed by atoms with Crippen LogP contribution in [0.4, 0.5) is 9.41 Å². The summed E-state index contributed by atoms with van der Waals surface area (Å²) >= 11 is 0. The van der Waals surface area contributed by atoms with Crippen LogP contribution in [0.25, 0.3) is 0 Å². The summed E-state index contributed by atoms with van der Waals surface area (Å²) in [5.74, 6) is 0. The van der Waals surface area contributed by atoms with Crippen molar-refractivity contribution in [2.24, 2.45) is 0 Å².